The smallest absolute Gasteiger partial charge is 0.255 e. The molecule has 128 valence electrons. The molecule has 0 fully saturated rings. The van der Waals surface area contributed by atoms with Crippen LogP contribution in [0.2, 0.25) is 0 Å². The van der Waals surface area contributed by atoms with Gasteiger partial charge in [0.05, 0.1) is 0 Å². The predicted octanol–water partition coefficient (Wildman–Crippen LogP) is 5.82. The van der Waals surface area contributed by atoms with Crippen LogP contribution < -0.4 is 5.32 Å². The van der Waals surface area contributed by atoms with E-state index in [2.05, 4.69) is 26.4 Å². The van der Waals surface area contributed by atoms with Crippen molar-refractivity contribution in [1.29, 1.82) is 0 Å². The average Bonchev–Trinajstić information content (AvgIpc) is 3.08. The summed E-state index contributed by atoms with van der Waals surface area (Å²) in [6, 6.07) is 20.9. The number of hydrogen-bond acceptors (Lipinski definition) is 3. The lowest BCUT2D eigenvalue weighted by atomic mass is 10.1. The van der Waals surface area contributed by atoms with E-state index in [1.165, 1.54) is 0 Å². The van der Waals surface area contributed by atoms with Gasteiger partial charge in [-0.05, 0) is 48.9 Å². The van der Waals surface area contributed by atoms with Gasteiger partial charge >= 0.3 is 0 Å². The fourth-order valence-electron chi connectivity index (χ4n) is 2.81. The number of carbonyl (C=O) groups is 1. The van der Waals surface area contributed by atoms with E-state index in [4.69, 9.17) is 4.52 Å². The van der Waals surface area contributed by atoms with Crippen molar-refractivity contribution < 1.29 is 9.32 Å². The van der Waals surface area contributed by atoms with Crippen molar-refractivity contribution in [1.82, 2.24) is 5.16 Å². The third-order valence-corrected chi connectivity index (χ3v) is 5.08. The quantitative estimate of drug-likeness (QED) is 0.466. The molecule has 4 nitrogen and oxygen atoms in total. The minimum Gasteiger partial charge on any atom is -0.355 e. The minimum atomic E-state index is -0.183. The number of carbonyl (C=O) groups excluding carboxylic acids is 1. The monoisotopic (exact) mass is 406 g/mol. The summed E-state index contributed by atoms with van der Waals surface area (Å²) in [6.07, 6.45) is 0. The third-order valence-electron chi connectivity index (χ3n) is 4.19. The van der Waals surface area contributed by atoms with Gasteiger partial charge in [0.25, 0.3) is 5.91 Å². The first kappa shape index (κ1) is 16.5. The Morgan fingerprint density at radius 2 is 1.85 bits per heavy atom. The lowest BCUT2D eigenvalue weighted by molar-refractivity contribution is 0.102. The molecule has 0 saturated heterocycles. The van der Waals surface area contributed by atoms with Gasteiger partial charge in [0.15, 0.2) is 5.76 Å². The second-order valence-corrected chi connectivity index (χ2v) is 6.88. The van der Waals surface area contributed by atoms with Crippen molar-refractivity contribution in [3.63, 3.8) is 0 Å². The Kier molecular flexibility index (Phi) is 4.31. The molecular weight excluding hydrogens is 392 g/mol. The molecule has 4 rings (SSSR count). The average molecular weight is 407 g/mol. The second-order valence-electron chi connectivity index (χ2n) is 6.03. The number of nitrogens with zero attached hydrogens (tertiary/aromatic N) is 1. The first-order valence-corrected chi connectivity index (χ1v) is 8.93. The molecule has 0 spiro atoms. The van der Waals surface area contributed by atoms with Crippen LogP contribution >= 0.6 is 15.9 Å². The Hall–Kier alpha value is -2.92. The van der Waals surface area contributed by atoms with Crippen molar-refractivity contribution in [3.05, 3.63) is 82.3 Å². The van der Waals surface area contributed by atoms with E-state index in [-0.39, 0.29) is 5.91 Å². The van der Waals surface area contributed by atoms with Crippen LogP contribution in [-0.2, 0) is 0 Å². The summed E-state index contributed by atoms with van der Waals surface area (Å²) >= 11 is 3.46. The molecule has 5 heteroatoms. The fourth-order valence-corrected chi connectivity index (χ4v) is 3.05. The van der Waals surface area contributed by atoms with Crippen molar-refractivity contribution >= 4 is 38.4 Å². The van der Waals surface area contributed by atoms with Gasteiger partial charge in [-0.25, -0.2) is 0 Å². The molecule has 0 atom stereocenters. The Labute approximate surface area is 159 Å². The third kappa shape index (κ3) is 3.13. The first-order valence-electron chi connectivity index (χ1n) is 8.14. The van der Waals surface area contributed by atoms with E-state index in [1.807, 2.05) is 61.5 Å². The van der Waals surface area contributed by atoms with Crippen LogP contribution in [0.25, 0.3) is 22.2 Å². The molecule has 26 heavy (non-hydrogen) atoms. The summed E-state index contributed by atoms with van der Waals surface area (Å²) in [5.74, 6) is 0.522. The minimum absolute atomic E-state index is 0.183. The second kappa shape index (κ2) is 6.77. The molecule has 0 saturated carbocycles. The maximum Gasteiger partial charge on any atom is 0.255 e. The molecule has 0 aliphatic rings. The molecule has 0 radical (unpaired) electrons. The molecule has 1 amide bonds. The largest absolute Gasteiger partial charge is 0.355 e. The molecule has 1 aromatic heterocycles. The molecule has 0 aliphatic carbocycles. The fraction of sp³-hybridized carbons (Fsp3) is 0.0476. The van der Waals surface area contributed by atoms with Gasteiger partial charge in [0.2, 0.25) is 0 Å². The maximum absolute atomic E-state index is 12.5. The van der Waals surface area contributed by atoms with Gasteiger partial charge < -0.3 is 9.84 Å². The Morgan fingerprint density at radius 3 is 2.62 bits per heavy atom. The van der Waals surface area contributed by atoms with Crippen LogP contribution in [0.3, 0.4) is 0 Å². The highest BCUT2D eigenvalue weighted by Gasteiger charge is 2.14. The standard InChI is InChI=1S/C21H15BrN2O2/c1-13-11-16(8-10-18(13)22)23-21(25)15-7-9-17-19(12-15)24-26-20(17)14-5-3-2-4-6-14/h2-12H,1H3,(H,23,25). The Morgan fingerprint density at radius 1 is 1.04 bits per heavy atom. The number of nitrogens with one attached hydrogen (secondary N) is 1. The van der Waals surface area contributed by atoms with E-state index in [0.29, 0.717) is 16.8 Å². The molecule has 1 N–H and O–H groups in total. The SMILES string of the molecule is Cc1cc(NC(=O)c2ccc3c(-c4ccccc4)onc3c2)ccc1Br. The molecule has 4 aromatic rings. The number of benzene rings is 3. The molecule has 3 aromatic carbocycles. The Bertz CT molecular complexity index is 1100. The number of aromatic nitrogens is 1. The van der Waals surface area contributed by atoms with Crippen LogP contribution in [0.5, 0.6) is 0 Å². The van der Waals surface area contributed by atoms with E-state index in [9.17, 15) is 4.79 Å². The number of fused-ring (bicyclic) bond motifs is 1. The van der Waals surface area contributed by atoms with Crippen molar-refractivity contribution in [2.24, 2.45) is 0 Å². The molecule has 0 bridgehead atoms. The highest BCUT2D eigenvalue weighted by atomic mass is 79.9. The van der Waals surface area contributed by atoms with Gasteiger partial charge in [-0.3, -0.25) is 4.79 Å². The lowest BCUT2D eigenvalue weighted by Gasteiger charge is -2.07. The Balaban J connectivity index is 1.63. The van der Waals surface area contributed by atoms with Gasteiger partial charge in [0.1, 0.15) is 5.52 Å². The van der Waals surface area contributed by atoms with Gasteiger partial charge in [-0.1, -0.05) is 51.4 Å². The first-order chi connectivity index (χ1) is 12.6. The van der Waals surface area contributed by atoms with Gasteiger partial charge in [-0.2, -0.15) is 0 Å². The van der Waals surface area contributed by atoms with E-state index >= 15 is 0 Å². The zero-order valence-electron chi connectivity index (χ0n) is 14.0. The maximum atomic E-state index is 12.5. The van der Waals surface area contributed by atoms with Gasteiger partial charge in [0, 0.05) is 26.7 Å². The zero-order chi connectivity index (χ0) is 18.1. The summed E-state index contributed by atoms with van der Waals surface area (Å²) in [5.41, 5.74) is 3.95. The topological polar surface area (TPSA) is 55.1 Å². The van der Waals surface area contributed by atoms with E-state index < -0.39 is 0 Å². The van der Waals surface area contributed by atoms with E-state index in [1.54, 1.807) is 12.1 Å². The lowest BCUT2D eigenvalue weighted by Crippen LogP contribution is -2.11. The number of amides is 1. The van der Waals surface area contributed by atoms with Gasteiger partial charge in [-0.15, -0.1) is 0 Å². The number of halogens is 1. The summed E-state index contributed by atoms with van der Waals surface area (Å²) < 4.78 is 6.50. The summed E-state index contributed by atoms with van der Waals surface area (Å²) in [6.45, 7) is 1.98. The summed E-state index contributed by atoms with van der Waals surface area (Å²) in [4.78, 5) is 12.5. The van der Waals surface area contributed by atoms with Crippen LogP contribution in [-0.4, -0.2) is 11.1 Å². The van der Waals surface area contributed by atoms with Crippen molar-refractivity contribution in [2.75, 3.05) is 5.32 Å². The summed E-state index contributed by atoms with van der Waals surface area (Å²) in [5, 5.41) is 7.90. The zero-order valence-corrected chi connectivity index (χ0v) is 15.6. The number of anilines is 1. The summed E-state index contributed by atoms with van der Waals surface area (Å²) in [7, 11) is 0. The predicted molar refractivity (Wildman–Crippen MR) is 106 cm³/mol. The van der Waals surface area contributed by atoms with Crippen molar-refractivity contribution in [2.45, 2.75) is 6.92 Å². The highest BCUT2D eigenvalue weighted by Crippen LogP contribution is 2.29. The van der Waals surface area contributed by atoms with Crippen LogP contribution in [0.4, 0.5) is 5.69 Å². The van der Waals surface area contributed by atoms with Crippen LogP contribution in [0.1, 0.15) is 15.9 Å². The molecule has 0 aliphatic heterocycles. The van der Waals surface area contributed by atoms with E-state index in [0.717, 1.165) is 26.7 Å². The highest BCUT2D eigenvalue weighted by molar-refractivity contribution is 9.10. The number of hydrogen-bond donors (Lipinski definition) is 1. The van der Waals surface area contributed by atoms with Crippen LogP contribution in [0.15, 0.2) is 75.7 Å². The van der Waals surface area contributed by atoms with Crippen LogP contribution in [0, 0.1) is 6.92 Å². The normalized spacial score (nSPS) is 10.8. The number of aryl methyl sites for hydroxylation is 1. The van der Waals surface area contributed by atoms with Crippen molar-refractivity contribution in [3.8, 4) is 11.3 Å². The molecular formula is C21H15BrN2O2. The molecule has 0 unspecified atom stereocenters. The number of rotatable bonds is 3. The molecule has 1 heterocycles.